The van der Waals surface area contributed by atoms with Crippen molar-refractivity contribution in [3.8, 4) is 0 Å². The van der Waals surface area contributed by atoms with Gasteiger partial charge in [-0.05, 0) is 32.3 Å². The topological polar surface area (TPSA) is 66.9 Å². The van der Waals surface area contributed by atoms with E-state index in [4.69, 9.17) is 4.74 Å². The van der Waals surface area contributed by atoms with Gasteiger partial charge in [0.1, 0.15) is 6.61 Å². The molecule has 6 nitrogen and oxygen atoms in total. The monoisotopic (exact) mass is 380 g/mol. The third-order valence-electron chi connectivity index (χ3n) is 5.28. The summed E-state index contributed by atoms with van der Waals surface area (Å²) in [6.07, 6.45) is 1.60. The average molecular weight is 381 g/mol. The fourth-order valence-electron chi connectivity index (χ4n) is 3.20. The van der Waals surface area contributed by atoms with Crippen molar-refractivity contribution in [3.05, 3.63) is 35.9 Å². The highest BCUT2D eigenvalue weighted by molar-refractivity contribution is 7.90. The first-order chi connectivity index (χ1) is 12.3. The van der Waals surface area contributed by atoms with Gasteiger partial charge in [-0.25, -0.2) is 8.42 Å². The molecule has 7 heteroatoms. The molecule has 2 aliphatic rings. The summed E-state index contributed by atoms with van der Waals surface area (Å²) in [7, 11) is -3.07. The average Bonchev–Trinajstić information content (AvgIpc) is 3.48. The second-order valence-corrected chi connectivity index (χ2v) is 9.82. The lowest BCUT2D eigenvalue weighted by molar-refractivity contribution is -0.149. The molecule has 1 aliphatic heterocycles. The Morgan fingerprint density at radius 3 is 2.31 bits per heavy atom. The number of piperazine rings is 1. The number of benzene rings is 1. The van der Waals surface area contributed by atoms with Gasteiger partial charge in [0.15, 0.2) is 0 Å². The number of carbonyl (C=O) groups excluding carboxylic acids is 1. The van der Waals surface area contributed by atoms with Crippen LogP contribution < -0.4 is 0 Å². The third-order valence-corrected chi connectivity index (χ3v) is 7.68. The molecular formula is C19H28N2O4S. The number of ether oxygens (including phenoxy) is 1. The van der Waals surface area contributed by atoms with Crippen LogP contribution in [0.2, 0.25) is 0 Å². The second-order valence-electron chi connectivity index (χ2n) is 7.61. The molecule has 0 aromatic heterocycles. The summed E-state index contributed by atoms with van der Waals surface area (Å²) in [6, 6.07) is 9.62. The molecule has 0 atom stereocenters. The smallest absolute Gasteiger partial charge is 0.316 e. The predicted octanol–water partition coefficient (Wildman–Crippen LogP) is 1.62. The van der Waals surface area contributed by atoms with Gasteiger partial charge in [0.25, 0.3) is 0 Å². The molecule has 0 N–H and O–H groups in total. The van der Waals surface area contributed by atoms with Gasteiger partial charge in [0, 0.05) is 32.7 Å². The minimum atomic E-state index is -3.07. The van der Waals surface area contributed by atoms with Crippen molar-refractivity contribution in [1.82, 2.24) is 9.21 Å². The van der Waals surface area contributed by atoms with Crippen LogP contribution in [0.15, 0.2) is 30.3 Å². The highest BCUT2D eigenvalue weighted by Crippen LogP contribution is 2.31. The third kappa shape index (κ3) is 4.27. The van der Waals surface area contributed by atoms with E-state index in [1.54, 1.807) is 4.31 Å². The molecule has 3 rings (SSSR count). The van der Waals surface area contributed by atoms with E-state index in [9.17, 15) is 13.2 Å². The molecule has 2 fully saturated rings. The number of carbonyl (C=O) groups is 1. The summed E-state index contributed by atoms with van der Waals surface area (Å²) in [4.78, 5) is 14.6. The van der Waals surface area contributed by atoms with Crippen LogP contribution in [-0.4, -0.2) is 68.2 Å². The van der Waals surface area contributed by atoms with Crippen LogP contribution in [0.3, 0.4) is 0 Å². The number of hydrogen-bond donors (Lipinski definition) is 0. The van der Waals surface area contributed by atoms with Gasteiger partial charge in [0.2, 0.25) is 10.0 Å². The summed E-state index contributed by atoms with van der Waals surface area (Å²) >= 11 is 0. The zero-order valence-corrected chi connectivity index (χ0v) is 16.4. The molecule has 1 aromatic rings. The van der Waals surface area contributed by atoms with E-state index >= 15 is 0 Å². The molecule has 0 radical (unpaired) electrons. The Bertz CT molecular complexity index is 721. The first-order valence-corrected chi connectivity index (χ1v) is 10.8. The van der Waals surface area contributed by atoms with Gasteiger partial charge in [-0.1, -0.05) is 30.3 Å². The Balaban J connectivity index is 1.42. The second kappa shape index (κ2) is 7.66. The SMILES string of the molecule is CC(C)(C(=O)OCCN1CCN(S(=O)(=O)C2CC2)CC1)c1ccccc1. The minimum absolute atomic E-state index is 0.143. The van der Waals surface area contributed by atoms with E-state index in [0.717, 1.165) is 18.4 Å². The van der Waals surface area contributed by atoms with Crippen molar-refractivity contribution in [2.75, 3.05) is 39.3 Å². The fourth-order valence-corrected chi connectivity index (χ4v) is 5.03. The molecule has 1 saturated heterocycles. The maximum atomic E-state index is 12.4. The van der Waals surface area contributed by atoms with Gasteiger partial charge in [-0.2, -0.15) is 4.31 Å². The molecule has 0 spiro atoms. The fraction of sp³-hybridized carbons (Fsp3) is 0.632. The number of rotatable bonds is 7. The number of hydrogen-bond acceptors (Lipinski definition) is 5. The zero-order chi connectivity index (χ0) is 18.8. The predicted molar refractivity (Wildman–Crippen MR) is 100 cm³/mol. The van der Waals surface area contributed by atoms with Crippen LogP contribution >= 0.6 is 0 Å². The lowest BCUT2D eigenvalue weighted by atomic mass is 9.85. The quantitative estimate of drug-likeness (QED) is 0.673. The van der Waals surface area contributed by atoms with Crippen molar-refractivity contribution in [2.24, 2.45) is 0 Å². The van der Waals surface area contributed by atoms with Crippen molar-refractivity contribution in [1.29, 1.82) is 0 Å². The van der Waals surface area contributed by atoms with Crippen LogP contribution in [0.5, 0.6) is 0 Å². The number of nitrogens with zero attached hydrogens (tertiary/aromatic N) is 2. The largest absolute Gasteiger partial charge is 0.464 e. The van der Waals surface area contributed by atoms with Crippen LogP contribution in [0, 0.1) is 0 Å². The maximum absolute atomic E-state index is 12.4. The first kappa shape index (κ1) is 19.3. The molecule has 1 heterocycles. The van der Waals surface area contributed by atoms with E-state index in [2.05, 4.69) is 4.90 Å². The molecule has 26 heavy (non-hydrogen) atoms. The van der Waals surface area contributed by atoms with E-state index in [1.807, 2.05) is 44.2 Å². The van der Waals surface area contributed by atoms with Crippen LogP contribution in [0.25, 0.3) is 0 Å². The summed E-state index contributed by atoms with van der Waals surface area (Å²) in [6.45, 7) is 7.12. The minimum Gasteiger partial charge on any atom is -0.464 e. The normalized spacial score (nSPS) is 20.1. The Labute approximate surface area is 156 Å². The van der Waals surface area contributed by atoms with Crippen molar-refractivity contribution >= 4 is 16.0 Å². The number of sulfonamides is 1. The standard InChI is InChI=1S/C19H28N2O4S/c1-19(2,16-6-4-3-5-7-16)18(22)25-15-14-20-10-12-21(13-11-20)26(23,24)17-8-9-17/h3-7,17H,8-15H2,1-2H3. The molecule has 0 unspecified atom stereocenters. The van der Waals surface area contributed by atoms with E-state index in [-0.39, 0.29) is 11.2 Å². The lowest BCUT2D eigenvalue weighted by Crippen LogP contribution is -2.50. The van der Waals surface area contributed by atoms with E-state index in [0.29, 0.717) is 39.3 Å². The molecular weight excluding hydrogens is 352 g/mol. The highest BCUT2D eigenvalue weighted by atomic mass is 32.2. The molecule has 0 bridgehead atoms. The van der Waals surface area contributed by atoms with Crippen molar-refractivity contribution in [2.45, 2.75) is 37.4 Å². The number of esters is 1. The lowest BCUT2D eigenvalue weighted by Gasteiger charge is -2.34. The summed E-state index contributed by atoms with van der Waals surface area (Å²) in [5.41, 5.74) is 0.252. The Kier molecular flexibility index (Phi) is 5.69. The van der Waals surface area contributed by atoms with Crippen molar-refractivity contribution in [3.63, 3.8) is 0 Å². The van der Waals surface area contributed by atoms with E-state index < -0.39 is 15.4 Å². The van der Waals surface area contributed by atoms with Crippen LogP contribution in [0.4, 0.5) is 0 Å². The summed E-state index contributed by atoms with van der Waals surface area (Å²) in [5, 5.41) is -0.143. The van der Waals surface area contributed by atoms with Gasteiger partial charge < -0.3 is 4.74 Å². The highest BCUT2D eigenvalue weighted by Gasteiger charge is 2.41. The summed E-state index contributed by atoms with van der Waals surface area (Å²) in [5.74, 6) is -0.237. The van der Waals surface area contributed by atoms with Gasteiger partial charge in [-0.3, -0.25) is 9.69 Å². The Morgan fingerprint density at radius 1 is 1.12 bits per heavy atom. The summed E-state index contributed by atoms with van der Waals surface area (Å²) < 4.78 is 31.6. The first-order valence-electron chi connectivity index (χ1n) is 9.26. The van der Waals surface area contributed by atoms with Crippen LogP contribution in [0.1, 0.15) is 32.3 Å². The zero-order valence-electron chi connectivity index (χ0n) is 15.6. The molecule has 144 valence electrons. The molecule has 1 aliphatic carbocycles. The Hall–Kier alpha value is -1.44. The van der Waals surface area contributed by atoms with Gasteiger partial charge in [-0.15, -0.1) is 0 Å². The Morgan fingerprint density at radius 2 is 1.73 bits per heavy atom. The van der Waals surface area contributed by atoms with Gasteiger partial charge >= 0.3 is 5.97 Å². The van der Waals surface area contributed by atoms with Crippen molar-refractivity contribution < 1.29 is 17.9 Å². The molecule has 1 saturated carbocycles. The van der Waals surface area contributed by atoms with Gasteiger partial charge in [0.05, 0.1) is 10.7 Å². The molecule has 1 aromatic carbocycles. The maximum Gasteiger partial charge on any atom is 0.316 e. The van der Waals surface area contributed by atoms with E-state index in [1.165, 1.54) is 0 Å². The molecule has 0 amide bonds. The van der Waals surface area contributed by atoms with Crippen LogP contribution in [-0.2, 0) is 25.0 Å².